The number of hydrogen-bond donors (Lipinski definition) is 0. The molecule has 1 saturated heterocycles. The van der Waals surface area contributed by atoms with Gasteiger partial charge in [-0.3, -0.25) is 0 Å². The molecule has 0 radical (unpaired) electrons. The third-order valence-corrected chi connectivity index (χ3v) is 6.84. The maximum absolute atomic E-state index is 11.6. The summed E-state index contributed by atoms with van der Waals surface area (Å²) in [5.41, 5.74) is 0. The van der Waals surface area contributed by atoms with Crippen LogP contribution in [0, 0.1) is 24.7 Å². The van der Waals surface area contributed by atoms with Gasteiger partial charge in [-0.05, 0) is 10.8 Å². The summed E-state index contributed by atoms with van der Waals surface area (Å²) in [4.78, 5) is 0. The van der Waals surface area contributed by atoms with Crippen molar-refractivity contribution in [1.29, 1.82) is 0 Å². The van der Waals surface area contributed by atoms with Crippen molar-refractivity contribution in [3.63, 3.8) is 0 Å². The third kappa shape index (κ3) is 1.46. The molecule has 1 fully saturated rings. The maximum atomic E-state index is 11.6. The molecule has 0 N–H and O–H groups in total. The van der Waals surface area contributed by atoms with Crippen molar-refractivity contribution in [1.82, 2.24) is 4.31 Å². The molecule has 0 spiro atoms. The van der Waals surface area contributed by atoms with E-state index in [-0.39, 0.29) is 11.3 Å². The van der Waals surface area contributed by atoms with Crippen molar-refractivity contribution in [3.8, 4) is 24.7 Å². The van der Waals surface area contributed by atoms with E-state index in [0.717, 1.165) is 10.8 Å². The molecule has 0 aliphatic carbocycles. The van der Waals surface area contributed by atoms with E-state index in [1.165, 1.54) is 4.31 Å². The van der Waals surface area contributed by atoms with E-state index < -0.39 is 7.71 Å². The van der Waals surface area contributed by atoms with E-state index in [1.54, 1.807) is 7.05 Å². The highest BCUT2D eigenvalue weighted by Gasteiger charge is 2.39. The van der Waals surface area contributed by atoms with Crippen LogP contribution >= 0.6 is 10.8 Å². The first-order valence-corrected chi connectivity index (χ1v) is 6.95. The van der Waals surface area contributed by atoms with Crippen molar-refractivity contribution < 1.29 is 4.21 Å². The zero-order valence-corrected chi connectivity index (χ0v) is 8.84. The zero-order valence-electron chi connectivity index (χ0n) is 6.39. The predicted octanol–water partition coefficient (Wildman–Crippen LogP) is 0.245. The van der Waals surface area contributed by atoms with Crippen molar-refractivity contribution in [2.45, 2.75) is 11.3 Å². The fourth-order valence-electron chi connectivity index (χ4n) is 0.893. The largest absolute Gasteiger partial charge is 0.230 e. The number of hydrogen-bond acceptors (Lipinski definition) is 3. The van der Waals surface area contributed by atoms with Crippen molar-refractivity contribution in [3.05, 3.63) is 0 Å². The van der Waals surface area contributed by atoms with Gasteiger partial charge in [0.15, 0.2) is 0 Å². The Balaban J connectivity index is 3.07. The van der Waals surface area contributed by atoms with Gasteiger partial charge < -0.3 is 0 Å². The van der Waals surface area contributed by atoms with Gasteiger partial charge in [0.25, 0.3) is 0 Å². The number of rotatable bonds is 0. The average Bonchev–Trinajstić information content (AvgIpc) is 2.24. The molecule has 1 rings (SSSR count). The number of nitrogens with zero attached hydrogens (tertiary/aromatic N) is 1. The first kappa shape index (κ1) is 9.88. The summed E-state index contributed by atoms with van der Waals surface area (Å²) in [6.07, 6.45) is 10.5. The fourth-order valence-corrected chi connectivity index (χ4v) is 5.24. The van der Waals surface area contributed by atoms with Crippen molar-refractivity contribution in [2.75, 3.05) is 7.05 Å². The summed E-state index contributed by atoms with van der Waals surface area (Å²) in [5, 5.41) is -0.245. The Morgan fingerprint density at radius 2 is 2.17 bits per heavy atom. The zero-order chi connectivity index (χ0) is 9.35. The summed E-state index contributed by atoms with van der Waals surface area (Å²) >= 11 is 4.84. The first-order chi connectivity index (χ1) is 5.53. The molecule has 0 saturated carbocycles. The quantitative estimate of drug-likeness (QED) is 0.428. The van der Waals surface area contributed by atoms with E-state index in [4.69, 9.17) is 24.0 Å². The van der Waals surface area contributed by atoms with Gasteiger partial charge in [0.2, 0.25) is 0 Å². The predicted molar refractivity (Wildman–Crippen MR) is 56.1 cm³/mol. The van der Waals surface area contributed by atoms with E-state index in [9.17, 15) is 4.21 Å². The Hall–Kier alpha value is -0.200. The topological polar surface area (TPSA) is 20.3 Å². The summed E-state index contributed by atoms with van der Waals surface area (Å²) in [6.45, 7) is 0. The Bertz CT molecular complexity index is 359. The molecule has 1 aliphatic rings. The first-order valence-electron chi connectivity index (χ1n) is 3.11. The van der Waals surface area contributed by atoms with Crippen LogP contribution in [0.1, 0.15) is 0 Å². The van der Waals surface area contributed by atoms with Crippen LogP contribution in [-0.4, -0.2) is 26.9 Å². The molecule has 5 heteroatoms. The van der Waals surface area contributed by atoms with Crippen LogP contribution in [0.3, 0.4) is 0 Å². The summed E-state index contributed by atoms with van der Waals surface area (Å²) in [5.74, 6) is 4.97. The lowest BCUT2D eigenvalue weighted by Crippen LogP contribution is -2.31. The Morgan fingerprint density at radius 3 is 2.50 bits per heavy atom. The highest BCUT2D eigenvalue weighted by Crippen LogP contribution is 2.35. The Morgan fingerprint density at radius 1 is 1.58 bits per heavy atom. The molecule has 0 aromatic carbocycles. The molecule has 1 aliphatic heterocycles. The maximum Gasteiger partial charge on any atom is 0.147 e. The molecule has 0 aromatic heterocycles. The van der Waals surface area contributed by atoms with Gasteiger partial charge in [-0.2, -0.15) is 0 Å². The van der Waals surface area contributed by atoms with E-state index in [0.29, 0.717) is 0 Å². The van der Waals surface area contributed by atoms with Crippen LogP contribution in [0.4, 0.5) is 0 Å². The second-order valence-electron chi connectivity index (χ2n) is 2.27. The summed E-state index contributed by atoms with van der Waals surface area (Å²) in [6, 6.07) is -0.301. The van der Waals surface area contributed by atoms with Crippen molar-refractivity contribution >= 4 is 29.7 Å². The van der Waals surface area contributed by atoms with E-state index >= 15 is 0 Å². The highest BCUT2D eigenvalue weighted by molar-refractivity contribution is 8.85. The molecule has 0 bridgehead atoms. The van der Waals surface area contributed by atoms with Crippen LogP contribution in [0.2, 0.25) is 0 Å². The lowest BCUT2D eigenvalue weighted by Gasteiger charge is -2.13. The van der Waals surface area contributed by atoms with Gasteiger partial charge in [-0.1, -0.05) is 11.8 Å². The van der Waals surface area contributed by atoms with Gasteiger partial charge in [-0.25, -0.2) is 8.51 Å². The van der Waals surface area contributed by atoms with Gasteiger partial charge in [0.1, 0.15) is 19.0 Å². The SMILES string of the molecule is C#CC1SS(=O)(=S)N(C)C1C#C. The lowest BCUT2D eigenvalue weighted by molar-refractivity contribution is 0.492. The highest BCUT2D eigenvalue weighted by atomic mass is 33.3. The van der Waals surface area contributed by atoms with Gasteiger partial charge >= 0.3 is 0 Å². The summed E-state index contributed by atoms with van der Waals surface area (Å²) < 4.78 is 13.1. The molecule has 64 valence electrons. The van der Waals surface area contributed by atoms with Crippen LogP contribution in [-0.2, 0) is 18.9 Å². The smallest absolute Gasteiger partial charge is 0.147 e. The molecule has 2 nitrogen and oxygen atoms in total. The van der Waals surface area contributed by atoms with Crippen LogP contribution in [0.25, 0.3) is 0 Å². The molecule has 3 atom stereocenters. The second kappa shape index (κ2) is 3.27. The summed E-state index contributed by atoms with van der Waals surface area (Å²) in [7, 11) is 0.292. The van der Waals surface area contributed by atoms with Crippen LogP contribution in [0.5, 0.6) is 0 Å². The molecule has 3 unspecified atom stereocenters. The lowest BCUT2D eigenvalue weighted by atomic mass is 10.2. The molecule has 12 heavy (non-hydrogen) atoms. The fraction of sp³-hybridized carbons (Fsp3) is 0.429. The monoisotopic (exact) mass is 217 g/mol. The minimum Gasteiger partial charge on any atom is -0.230 e. The normalized spacial score (nSPS) is 41.9. The van der Waals surface area contributed by atoms with Crippen molar-refractivity contribution in [2.24, 2.45) is 0 Å². The average molecular weight is 217 g/mol. The van der Waals surface area contributed by atoms with E-state index in [2.05, 4.69) is 11.8 Å². The molecular weight excluding hydrogens is 210 g/mol. The molecule has 0 amide bonds. The number of terminal acetylenes is 2. The molecule has 1 heterocycles. The van der Waals surface area contributed by atoms with Crippen LogP contribution in [0.15, 0.2) is 0 Å². The standard InChI is InChI=1S/C7H7NOS3/c1-4-6-7(5-2)11-12(9,10)8(6)3/h1-2,6-7H,3H3. The minimum atomic E-state index is -2.45. The van der Waals surface area contributed by atoms with Gasteiger partial charge in [0, 0.05) is 18.2 Å². The Kier molecular flexibility index (Phi) is 2.70. The van der Waals surface area contributed by atoms with Crippen LogP contribution < -0.4 is 0 Å². The van der Waals surface area contributed by atoms with E-state index in [1.807, 2.05) is 0 Å². The van der Waals surface area contributed by atoms with Gasteiger partial charge in [0.05, 0.1) is 0 Å². The second-order valence-corrected chi connectivity index (χ2v) is 8.32. The minimum absolute atomic E-state index is 0.245. The Labute approximate surface area is 81.3 Å². The third-order valence-electron chi connectivity index (χ3n) is 1.59. The molecule has 0 aromatic rings. The molecular formula is C7H7NOS3. The van der Waals surface area contributed by atoms with Gasteiger partial charge in [-0.15, -0.1) is 12.8 Å².